The summed E-state index contributed by atoms with van der Waals surface area (Å²) < 4.78 is 26.7. The summed E-state index contributed by atoms with van der Waals surface area (Å²) in [7, 11) is 0. The molecule has 100 valence electrons. The number of nitrogens with zero attached hydrogens (tertiary/aromatic N) is 1. The van der Waals surface area contributed by atoms with E-state index in [4.69, 9.17) is 0 Å². The highest BCUT2D eigenvalue weighted by atomic mass is 79.9. The molecule has 0 spiro atoms. The molecule has 0 bridgehead atoms. The zero-order chi connectivity index (χ0) is 14.0. The summed E-state index contributed by atoms with van der Waals surface area (Å²) in [6.07, 6.45) is 2.72. The Bertz CT molecular complexity index is 602. The molecule has 1 aromatic carbocycles. The number of aliphatic hydroxyl groups is 1. The van der Waals surface area contributed by atoms with Gasteiger partial charge in [0.2, 0.25) is 0 Å². The monoisotopic (exact) mass is 327 g/mol. The minimum atomic E-state index is -1.28. The van der Waals surface area contributed by atoms with Crippen molar-refractivity contribution in [3.05, 3.63) is 63.9 Å². The highest BCUT2D eigenvalue weighted by Gasteiger charge is 2.25. The van der Waals surface area contributed by atoms with Crippen molar-refractivity contribution in [1.29, 1.82) is 0 Å². The average molecular weight is 328 g/mol. The summed E-state index contributed by atoms with van der Waals surface area (Å²) >= 11 is 3.25. The largest absolute Gasteiger partial charge is 0.385 e. The van der Waals surface area contributed by atoms with E-state index in [1.165, 1.54) is 24.4 Å². The molecule has 0 aliphatic heterocycles. The Kier molecular flexibility index (Phi) is 3.96. The van der Waals surface area contributed by atoms with Crippen LogP contribution in [0.3, 0.4) is 0 Å². The highest BCUT2D eigenvalue weighted by Crippen LogP contribution is 2.29. The molecule has 5 heteroatoms. The third-order valence-corrected chi connectivity index (χ3v) is 3.61. The SMILES string of the molecule is CC(O)(Cc1ccc(F)cc1Br)c1cncc(F)c1. The van der Waals surface area contributed by atoms with Crippen LogP contribution >= 0.6 is 15.9 Å². The van der Waals surface area contributed by atoms with Crippen molar-refractivity contribution in [2.24, 2.45) is 0 Å². The summed E-state index contributed by atoms with van der Waals surface area (Å²) in [5.74, 6) is -0.862. The lowest BCUT2D eigenvalue weighted by molar-refractivity contribution is 0.0567. The second-order valence-electron chi connectivity index (χ2n) is 4.58. The first-order valence-electron chi connectivity index (χ1n) is 5.66. The number of halogens is 3. The topological polar surface area (TPSA) is 33.1 Å². The quantitative estimate of drug-likeness (QED) is 0.934. The summed E-state index contributed by atoms with van der Waals surface area (Å²) in [6, 6.07) is 5.47. The Hall–Kier alpha value is -1.33. The van der Waals surface area contributed by atoms with Gasteiger partial charge in [-0.3, -0.25) is 4.98 Å². The molecule has 1 N–H and O–H groups in total. The number of pyridine rings is 1. The molecule has 2 aromatic rings. The predicted molar refractivity (Wildman–Crippen MR) is 71.6 cm³/mol. The lowest BCUT2D eigenvalue weighted by Gasteiger charge is -2.24. The van der Waals surface area contributed by atoms with E-state index < -0.39 is 11.4 Å². The van der Waals surface area contributed by atoms with Crippen LogP contribution in [0.2, 0.25) is 0 Å². The van der Waals surface area contributed by atoms with E-state index in [2.05, 4.69) is 20.9 Å². The first kappa shape index (κ1) is 14.1. The normalized spacial score (nSPS) is 14.2. The fourth-order valence-electron chi connectivity index (χ4n) is 1.84. The minimum Gasteiger partial charge on any atom is -0.385 e. The highest BCUT2D eigenvalue weighted by molar-refractivity contribution is 9.10. The smallest absolute Gasteiger partial charge is 0.141 e. The van der Waals surface area contributed by atoms with Crippen LogP contribution in [0.15, 0.2) is 41.1 Å². The molecule has 1 atom stereocenters. The van der Waals surface area contributed by atoms with Gasteiger partial charge in [-0.1, -0.05) is 22.0 Å². The molecule has 2 rings (SSSR count). The maximum atomic E-state index is 13.1. The standard InChI is InChI=1S/C14H12BrF2NO/c1-14(19,10-4-12(17)8-18-7-10)6-9-2-3-11(16)5-13(9)15/h2-5,7-8,19H,6H2,1H3. The van der Waals surface area contributed by atoms with Crippen molar-refractivity contribution in [3.8, 4) is 0 Å². The molecule has 1 unspecified atom stereocenters. The zero-order valence-electron chi connectivity index (χ0n) is 10.2. The molecule has 0 fully saturated rings. The summed E-state index contributed by atoms with van der Waals surface area (Å²) in [6.45, 7) is 1.57. The number of aromatic nitrogens is 1. The number of hydrogen-bond donors (Lipinski definition) is 1. The predicted octanol–water partition coefficient (Wildman–Crippen LogP) is 3.57. The van der Waals surface area contributed by atoms with Gasteiger partial charge in [-0.15, -0.1) is 0 Å². The van der Waals surface area contributed by atoms with Gasteiger partial charge in [0.15, 0.2) is 0 Å². The lowest BCUT2D eigenvalue weighted by Crippen LogP contribution is -2.25. The Balaban J connectivity index is 2.30. The van der Waals surface area contributed by atoms with Crippen LogP contribution in [0.1, 0.15) is 18.1 Å². The van der Waals surface area contributed by atoms with Crippen LogP contribution in [-0.2, 0) is 12.0 Å². The van der Waals surface area contributed by atoms with Crippen LogP contribution in [0.5, 0.6) is 0 Å². The first-order valence-corrected chi connectivity index (χ1v) is 6.45. The van der Waals surface area contributed by atoms with E-state index >= 15 is 0 Å². The van der Waals surface area contributed by atoms with Crippen molar-refractivity contribution >= 4 is 15.9 Å². The van der Waals surface area contributed by atoms with Gasteiger partial charge in [-0.25, -0.2) is 8.78 Å². The molecular formula is C14H12BrF2NO. The van der Waals surface area contributed by atoms with Gasteiger partial charge in [0.25, 0.3) is 0 Å². The third-order valence-electron chi connectivity index (χ3n) is 2.88. The van der Waals surface area contributed by atoms with Crippen LogP contribution < -0.4 is 0 Å². The van der Waals surface area contributed by atoms with E-state index in [0.717, 1.165) is 11.8 Å². The maximum absolute atomic E-state index is 13.1. The van der Waals surface area contributed by atoms with Gasteiger partial charge in [0, 0.05) is 22.7 Å². The molecule has 0 saturated carbocycles. The van der Waals surface area contributed by atoms with E-state index in [1.807, 2.05) is 0 Å². The van der Waals surface area contributed by atoms with Crippen LogP contribution in [0, 0.1) is 11.6 Å². The van der Waals surface area contributed by atoms with Crippen LogP contribution in [0.4, 0.5) is 8.78 Å². The summed E-state index contributed by atoms with van der Waals surface area (Å²) in [5.41, 5.74) is -0.172. The molecule has 2 nitrogen and oxygen atoms in total. The molecular weight excluding hydrogens is 316 g/mol. The Morgan fingerprint density at radius 1 is 1.21 bits per heavy atom. The first-order chi connectivity index (χ1) is 8.88. The van der Waals surface area contributed by atoms with E-state index in [9.17, 15) is 13.9 Å². The molecule has 0 saturated heterocycles. The number of rotatable bonds is 3. The van der Waals surface area contributed by atoms with Crippen molar-refractivity contribution in [2.45, 2.75) is 18.9 Å². The molecule has 1 aromatic heterocycles. The second kappa shape index (κ2) is 5.35. The van der Waals surface area contributed by atoms with Gasteiger partial charge in [-0.05, 0) is 30.7 Å². The third kappa shape index (κ3) is 3.36. The van der Waals surface area contributed by atoms with Crippen molar-refractivity contribution in [1.82, 2.24) is 4.98 Å². The van der Waals surface area contributed by atoms with Gasteiger partial charge in [-0.2, -0.15) is 0 Å². The molecule has 0 aliphatic rings. The minimum absolute atomic E-state index is 0.221. The van der Waals surface area contributed by atoms with E-state index in [0.29, 0.717) is 10.0 Å². The molecule has 0 aliphatic carbocycles. The Labute approximate surface area is 118 Å². The molecule has 0 radical (unpaired) electrons. The van der Waals surface area contributed by atoms with Crippen molar-refractivity contribution < 1.29 is 13.9 Å². The summed E-state index contributed by atoms with van der Waals surface area (Å²) in [4.78, 5) is 3.72. The van der Waals surface area contributed by atoms with Crippen molar-refractivity contribution in [3.63, 3.8) is 0 Å². The van der Waals surface area contributed by atoms with Crippen LogP contribution in [-0.4, -0.2) is 10.1 Å². The lowest BCUT2D eigenvalue weighted by atomic mass is 9.90. The summed E-state index contributed by atoms with van der Waals surface area (Å²) in [5, 5.41) is 10.4. The Morgan fingerprint density at radius 3 is 2.58 bits per heavy atom. The maximum Gasteiger partial charge on any atom is 0.141 e. The average Bonchev–Trinajstić information content (AvgIpc) is 2.33. The molecule has 1 heterocycles. The zero-order valence-corrected chi connectivity index (χ0v) is 11.8. The van der Waals surface area contributed by atoms with E-state index in [-0.39, 0.29) is 12.2 Å². The van der Waals surface area contributed by atoms with Gasteiger partial charge in [0.1, 0.15) is 11.6 Å². The van der Waals surface area contributed by atoms with Gasteiger partial charge in [0.05, 0.1) is 11.8 Å². The molecule has 0 amide bonds. The van der Waals surface area contributed by atoms with Crippen LogP contribution in [0.25, 0.3) is 0 Å². The number of benzene rings is 1. The van der Waals surface area contributed by atoms with Gasteiger partial charge < -0.3 is 5.11 Å². The fraction of sp³-hybridized carbons (Fsp3) is 0.214. The second-order valence-corrected chi connectivity index (χ2v) is 5.43. The molecule has 19 heavy (non-hydrogen) atoms. The van der Waals surface area contributed by atoms with E-state index in [1.54, 1.807) is 13.0 Å². The Morgan fingerprint density at radius 2 is 1.95 bits per heavy atom. The van der Waals surface area contributed by atoms with Crippen molar-refractivity contribution in [2.75, 3.05) is 0 Å². The number of hydrogen-bond acceptors (Lipinski definition) is 2. The van der Waals surface area contributed by atoms with Gasteiger partial charge >= 0.3 is 0 Å². The fourth-order valence-corrected chi connectivity index (χ4v) is 2.34.